The van der Waals surface area contributed by atoms with Crippen LogP contribution in [0.1, 0.15) is 70.4 Å². The van der Waals surface area contributed by atoms with E-state index in [0.717, 1.165) is 5.92 Å². The van der Waals surface area contributed by atoms with Crippen molar-refractivity contribution in [3.05, 3.63) is 71.8 Å². The summed E-state index contributed by atoms with van der Waals surface area (Å²) in [4.78, 5) is 0. The van der Waals surface area contributed by atoms with E-state index in [4.69, 9.17) is 0 Å². The van der Waals surface area contributed by atoms with E-state index in [1.807, 2.05) is 0 Å². The van der Waals surface area contributed by atoms with Gasteiger partial charge in [0.15, 0.2) is 0 Å². The fraction of sp³-hybridized carbons (Fsp3) is 0.478. The topological polar surface area (TPSA) is 0 Å². The van der Waals surface area contributed by atoms with Gasteiger partial charge in [-0.2, -0.15) is 0 Å². The summed E-state index contributed by atoms with van der Waals surface area (Å²) < 4.78 is 0. The van der Waals surface area contributed by atoms with Crippen LogP contribution < -0.4 is 0 Å². The second-order valence-electron chi connectivity index (χ2n) is 7.22. The van der Waals surface area contributed by atoms with Crippen molar-refractivity contribution in [2.45, 2.75) is 64.7 Å². The Morgan fingerprint density at radius 3 is 1.78 bits per heavy atom. The number of rotatable bonds is 9. The number of unbranched alkanes of at least 4 members (excludes halogenated alkanes) is 3. The van der Waals surface area contributed by atoms with Crippen molar-refractivity contribution in [2.75, 3.05) is 0 Å². The lowest BCUT2D eigenvalue weighted by atomic mass is 9.70. The first kappa shape index (κ1) is 17.8. The minimum Gasteiger partial charge on any atom is -0.0654 e. The molecule has 23 heavy (non-hydrogen) atoms. The molecule has 0 aromatic heterocycles. The summed E-state index contributed by atoms with van der Waals surface area (Å²) in [7, 11) is 0. The number of hydrogen-bond acceptors (Lipinski definition) is 0. The fourth-order valence-electron chi connectivity index (χ4n) is 3.73. The van der Waals surface area contributed by atoms with Crippen LogP contribution in [0.5, 0.6) is 0 Å². The SMILES string of the molecule is CCCCCCC(C)CC(C)(c1ccccc1)c1ccccc1. The van der Waals surface area contributed by atoms with Gasteiger partial charge in [0.2, 0.25) is 0 Å². The van der Waals surface area contributed by atoms with Gasteiger partial charge in [-0.05, 0) is 23.5 Å². The maximum absolute atomic E-state index is 2.43. The van der Waals surface area contributed by atoms with Gasteiger partial charge in [0.05, 0.1) is 0 Å². The zero-order valence-electron chi connectivity index (χ0n) is 15.1. The van der Waals surface area contributed by atoms with E-state index < -0.39 is 0 Å². The molecule has 2 rings (SSSR count). The van der Waals surface area contributed by atoms with E-state index in [1.165, 1.54) is 49.7 Å². The van der Waals surface area contributed by atoms with E-state index in [9.17, 15) is 0 Å². The van der Waals surface area contributed by atoms with Gasteiger partial charge < -0.3 is 0 Å². The van der Waals surface area contributed by atoms with E-state index in [2.05, 4.69) is 81.4 Å². The zero-order valence-corrected chi connectivity index (χ0v) is 15.1. The van der Waals surface area contributed by atoms with Gasteiger partial charge in [0.1, 0.15) is 0 Å². The second-order valence-corrected chi connectivity index (χ2v) is 7.22. The average molecular weight is 309 g/mol. The van der Waals surface area contributed by atoms with E-state index in [0.29, 0.717) is 0 Å². The molecule has 0 amide bonds. The lowest BCUT2D eigenvalue weighted by Gasteiger charge is -2.34. The third-order valence-electron chi connectivity index (χ3n) is 5.13. The molecule has 0 radical (unpaired) electrons. The monoisotopic (exact) mass is 308 g/mol. The van der Waals surface area contributed by atoms with Crippen molar-refractivity contribution in [2.24, 2.45) is 5.92 Å². The summed E-state index contributed by atoms with van der Waals surface area (Å²) in [5.41, 5.74) is 2.98. The zero-order chi connectivity index (χ0) is 16.5. The Labute approximate surface area is 143 Å². The quantitative estimate of drug-likeness (QED) is 0.438. The van der Waals surface area contributed by atoms with E-state index in [-0.39, 0.29) is 5.41 Å². The highest BCUT2D eigenvalue weighted by molar-refractivity contribution is 5.38. The molecule has 0 heterocycles. The Morgan fingerprint density at radius 1 is 0.783 bits per heavy atom. The molecule has 0 aliphatic heterocycles. The lowest BCUT2D eigenvalue weighted by molar-refractivity contribution is 0.373. The summed E-state index contributed by atoms with van der Waals surface area (Å²) >= 11 is 0. The highest BCUT2D eigenvalue weighted by atomic mass is 14.3. The minimum atomic E-state index is 0.104. The van der Waals surface area contributed by atoms with Crippen LogP contribution >= 0.6 is 0 Å². The van der Waals surface area contributed by atoms with Gasteiger partial charge in [0.25, 0.3) is 0 Å². The van der Waals surface area contributed by atoms with Crippen LogP contribution in [0.15, 0.2) is 60.7 Å². The van der Waals surface area contributed by atoms with E-state index in [1.54, 1.807) is 0 Å². The highest BCUT2D eigenvalue weighted by Crippen LogP contribution is 2.38. The Bertz CT molecular complexity index is 501. The fourth-order valence-corrected chi connectivity index (χ4v) is 3.73. The first-order valence-electron chi connectivity index (χ1n) is 9.28. The molecule has 0 saturated carbocycles. The second kappa shape index (κ2) is 8.91. The summed E-state index contributed by atoms with van der Waals surface area (Å²) in [5, 5.41) is 0. The summed E-state index contributed by atoms with van der Waals surface area (Å²) in [6, 6.07) is 22.1. The molecule has 0 spiro atoms. The highest BCUT2D eigenvalue weighted by Gasteiger charge is 2.30. The Balaban J connectivity index is 2.15. The molecule has 124 valence electrons. The normalized spacial score (nSPS) is 13.0. The summed E-state index contributed by atoms with van der Waals surface area (Å²) in [6.07, 6.45) is 8.01. The van der Waals surface area contributed by atoms with Gasteiger partial charge in [-0.15, -0.1) is 0 Å². The van der Waals surface area contributed by atoms with Gasteiger partial charge in [0, 0.05) is 5.41 Å². The predicted molar refractivity (Wildman–Crippen MR) is 102 cm³/mol. The molecule has 0 nitrogen and oxygen atoms in total. The van der Waals surface area contributed by atoms with Crippen molar-refractivity contribution in [3.8, 4) is 0 Å². The third kappa shape index (κ3) is 4.96. The van der Waals surface area contributed by atoms with Crippen molar-refractivity contribution in [3.63, 3.8) is 0 Å². The first-order valence-corrected chi connectivity index (χ1v) is 9.28. The molecule has 1 unspecified atom stereocenters. The van der Waals surface area contributed by atoms with Gasteiger partial charge in [-0.1, -0.05) is 114 Å². The van der Waals surface area contributed by atoms with Crippen molar-refractivity contribution < 1.29 is 0 Å². The van der Waals surface area contributed by atoms with Crippen LogP contribution in [0.4, 0.5) is 0 Å². The third-order valence-corrected chi connectivity index (χ3v) is 5.13. The van der Waals surface area contributed by atoms with Crippen LogP contribution in [-0.4, -0.2) is 0 Å². The number of hydrogen-bond donors (Lipinski definition) is 0. The molecule has 0 saturated heterocycles. The van der Waals surface area contributed by atoms with Crippen molar-refractivity contribution in [1.29, 1.82) is 0 Å². The molecular weight excluding hydrogens is 276 g/mol. The molecule has 2 aromatic rings. The number of benzene rings is 2. The van der Waals surface area contributed by atoms with Crippen LogP contribution in [0.3, 0.4) is 0 Å². The van der Waals surface area contributed by atoms with Crippen LogP contribution in [0.2, 0.25) is 0 Å². The van der Waals surface area contributed by atoms with Gasteiger partial charge in [-0.25, -0.2) is 0 Å². The standard InChI is InChI=1S/C23H32/c1-4-5-6-9-14-20(2)19-23(3,21-15-10-7-11-16-21)22-17-12-8-13-18-22/h7-8,10-13,15-18,20H,4-6,9,14,19H2,1-3H3. The Hall–Kier alpha value is -1.56. The molecule has 0 aliphatic rings. The maximum Gasteiger partial charge on any atom is 0.0177 e. The van der Waals surface area contributed by atoms with Gasteiger partial charge >= 0.3 is 0 Å². The largest absolute Gasteiger partial charge is 0.0654 e. The van der Waals surface area contributed by atoms with E-state index >= 15 is 0 Å². The average Bonchev–Trinajstić information content (AvgIpc) is 2.60. The molecule has 0 heteroatoms. The summed E-state index contributed by atoms with van der Waals surface area (Å²) in [5.74, 6) is 0.747. The van der Waals surface area contributed by atoms with Crippen molar-refractivity contribution in [1.82, 2.24) is 0 Å². The molecular formula is C23H32. The Kier molecular flexibility index (Phi) is 6.89. The molecule has 0 bridgehead atoms. The van der Waals surface area contributed by atoms with Crippen LogP contribution in [0, 0.1) is 5.92 Å². The maximum atomic E-state index is 2.43. The minimum absolute atomic E-state index is 0.104. The molecule has 0 N–H and O–H groups in total. The molecule has 1 atom stereocenters. The lowest BCUT2D eigenvalue weighted by Crippen LogP contribution is -2.26. The Morgan fingerprint density at radius 2 is 1.30 bits per heavy atom. The molecule has 0 fully saturated rings. The van der Waals surface area contributed by atoms with Crippen LogP contribution in [-0.2, 0) is 5.41 Å². The first-order chi connectivity index (χ1) is 11.2. The van der Waals surface area contributed by atoms with Crippen LogP contribution in [0.25, 0.3) is 0 Å². The predicted octanol–water partition coefficient (Wildman–Crippen LogP) is 6.99. The van der Waals surface area contributed by atoms with Gasteiger partial charge in [-0.3, -0.25) is 0 Å². The van der Waals surface area contributed by atoms with Crippen molar-refractivity contribution >= 4 is 0 Å². The molecule has 0 aliphatic carbocycles. The molecule has 2 aromatic carbocycles. The summed E-state index contributed by atoms with van der Waals surface area (Å²) in [6.45, 7) is 7.13. The smallest absolute Gasteiger partial charge is 0.0177 e.